The van der Waals surface area contributed by atoms with Crippen molar-refractivity contribution in [3.8, 4) is 0 Å². The second-order valence-electron chi connectivity index (χ2n) is 7.38. The normalized spacial score (nSPS) is 45.9. The average Bonchev–Trinajstić information content (AvgIpc) is 2.61. The molecule has 1 aliphatic heterocycles. The van der Waals surface area contributed by atoms with Crippen molar-refractivity contribution in [2.45, 2.75) is 83.1 Å². The van der Waals surface area contributed by atoms with Crippen LogP contribution in [0.5, 0.6) is 0 Å². The van der Waals surface area contributed by atoms with Crippen molar-refractivity contribution < 1.29 is 9.84 Å². The van der Waals surface area contributed by atoms with Crippen LogP contribution in [0.15, 0.2) is 0 Å². The van der Waals surface area contributed by atoms with Gasteiger partial charge in [0.05, 0.1) is 12.2 Å². The fourth-order valence-electron chi connectivity index (χ4n) is 4.57. The molecule has 2 N–H and O–H groups in total. The van der Waals surface area contributed by atoms with Crippen molar-refractivity contribution in [2.24, 2.45) is 11.3 Å². The zero-order valence-electron chi connectivity index (χ0n) is 12.4. The molecule has 3 nitrogen and oxygen atoms in total. The fourth-order valence-corrected chi connectivity index (χ4v) is 4.57. The van der Waals surface area contributed by atoms with Crippen molar-refractivity contribution in [1.29, 1.82) is 0 Å². The van der Waals surface area contributed by atoms with Crippen LogP contribution in [0.4, 0.5) is 0 Å². The van der Waals surface area contributed by atoms with E-state index in [0.29, 0.717) is 24.1 Å². The predicted octanol–water partition coefficient (Wildman–Crippen LogP) is 2.47. The van der Waals surface area contributed by atoms with Crippen LogP contribution < -0.4 is 5.32 Å². The lowest BCUT2D eigenvalue weighted by molar-refractivity contribution is -0.196. The molecule has 2 saturated carbocycles. The molecule has 3 fully saturated rings. The highest BCUT2D eigenvalue weighted by Crippen LogP contribution is 2.51. The van der Waals surface area contributed by atoms with Crippen LogP contribution in [-0.2, 0) is 4.74 Å². The maximum Gasteiger partial charge on any atom is 0.0693 e. The molecule has 0 aromatic rings. The molecule has 0 amide bonds. The van der Waals surface area contributed by atoms with Crippen LogP contribution in [0.2, 0.25) is 0 Å². The summed E-state index contributed by atoms with van der Waals surface area (Å²) in [5.74, 6) is 0.666. The lowest BCUT2D eigenvalue weighted by Crippen LogP contribution is -2.71. The van der Waals surface area contributed by atoms with E-state index in [1.165, 1.54) is 32.1 Å². The molecule has 3 heteroatoms. The summed E-state index contributed by atoms with van der Waals surface area (Å²) in [6.07, 6.45) is 8.58. The highest BCUT2D eigenvalue weighted by molar-refractivity contribution is 5.11. The van der Waals surface area contributed by atoms with Gasteiger partial charge in [-0.2, -0.15) is 0 Å². The Morgan fingerprint density at radius 2 is 1.84 bits per heavy atom. The average molecular weight is 267 g/mol. The van der Waals surface area contributed by atoms with E-state index in [1.54, 1.807) is 0 Å². The Balaban J connectivity index is 1.65. The Labute approximate surface area is 117 Å². The van der Waals surface area contributed by atoms with E-state index in [2.05, 4.69) is 19.2 Å². The van der Waals surface area contributed by atoms with Crippen LogP contribution in [0.1, 0.15) is 58.8 Å². The minimum Gasteiger partial charge on any atom is -0.392 e. The third-order valence-electron chi connectivity index (χ3n) is 5.70. The molecule has 110 valence electrons. The summed E-state index contributed by atoms with van der Waals surface area (Å²) in [6, 6.07) is 0.824. The topological polar surface area (TPSA) is 41.5 Å². The molecule has 2 aliphatic carbocycles. The lowest BCUT2D eigenvalue weighted by atomic mass is 9.55. The number of hydrogen-bond donors (Lipinski definition) is 2. The van der Waals surface area contributed by atoms with Crippen molar-refractivity contribution in [2.75, 3.05) is 6.61 Å². The number of nitrogens with one attached hydrogen (secondary N) is 1. The van der Waals surface area contributed by atoms with E-state index in [1.807, 2.05) is 0 Å². The monoisotopic (exact) mass is 267 g/mol. The molecule has 1 saturated heterocycles. The van der Waals surface area contributed by atoms with Gasteiger partial charge in [0.25, 0.3) is 0 Å². The first-order chi connectivity index (χ1) is 9.10. The van der Waals surface area contributed by atoms with Crippen LogP contribution in [0.3, 0.4) is 0 Å². The van der Waals surface area contributed by atoms with Gasteiger partial charge in [-0.15, -0.1) is 0 Å². The summed E-state index contributed by atoms with van der Waals surface area (Å²) in [4.78, 5) is 0. The Morgan fingerprint density at radius 3 is 2.68 bits per heavy atom. The standard InChI is InChI=1S/C16H29NO2/c1-16(2)14(11-7-6-10-19-15(11)16)17-12-8-4-3-5-9-13(12)18/h11-15,17-18H,3-10H2,1-2H3. The summed E-state index contributed by atoms with van der Waals surface area (Å²) >= 11 is 0. The van der Waals surface area contributed by atoms with Gasteiger partial charge in [-0.05, 0) is 25.7 Å². The van der Waals surface area contributed by atoms with Gasteiger partial charge in [0.2, 0.25) is 0 Å². The SMILES string of the molecule is CC1(C)C(NC2CCCCCC2O)C2CCCOC21. The molecule has 5 atom stereocenters. The second kappa shape index (κ2) is 5.34. The van der Waals surface area contributed by atoms with Crippen molar-refractivity contribution in [3.63, 3.8) is 0 Å². The van der Waals surface area contributed by atoms with Crippen molar-refractivity contribution >= 4 is 0 Å². The first-order valence-electron chi connectivity index (χ1n) is 8.16. The smallest absolute Gasteiger partial charge is 0.0693 e. The maximum absolute atomic E-state index is 10.3. The van der Waals surface area contributed by atoms with Crippen LogP contribution >= 0.6 is 0 Å². The highest BCUT2D eigenvalue weighted by Gasteiger charge is 2.58. The van der Waals surface area contributed by atoms with E-state index >= 15 is 0 Å². The molecular weight excluding hydrogens is 238 g/mol. The van der Waals surface area contributed by atoms with Crippen molar-refractivity contribution in [1.82, 2.24) is 5.32 Å². The molecule has 0 spiro atoms. The minimum absolute atomic E-state index is 0.151. The van der Waals surface area contributed by atoms with Gasteiger partial charge in [-0.25, -0.2) is 0 Å². The summed E-state index contributed by atoms with van der Waals surface area (Å²) in [7, 11) is 0. The van der Waals surface area contributed by atoms with Crippen molar-refractivity contribution in [3.05, 3.63) is 0 Å². The Morgan fingerprint density at radius 1 is 1.05 bits per heavy atom. The molecule has 3 aliphatic rings. The van der Waals surface area contributed by atoms with Gasteiger partial charge >= 0.3 is 0 Å². The van der Waals surface area contributed by atoms with E-state index in [0.717, 1.165) is 19.4 Å². The van der Waals surface area contributed by atoms with E-state index in [-0.39, 0.29) is 11.5 Å². The maximum atomic E-state index is 10.3. The van der Waals surface area contributed by atoms with Gasteiger partial charge in [-0.3, -0.25) is 0 Å². The van der Waals surface area contributed by atoms with Gasteiger partial charge < -0.3 is 15.2 Å². The molecule has 0 aromatic carbocycles. The predicted molar refractivity (Wildman–Crippen MR) is 76.0 cm³/mol. The molecule has 0 radical (unpaired) electrons. The summed E-state index contributed by atoms with van der Waals surface area (Å²) in [6.45, 7) is 5.57. The molecule has 0 bridgehead atoms. The number of ether oxygens (including phenoxy) is 1. The van der Waals surface area contributed by atoms with E-state index in [4.69, 9.17) is 4.74 Å². The Kier molecular flexibility index (Phi) is 3.89. The first-order valence-corrected chi connectivity index (χ1v) is 8.16. The minimum atomic E-state index is -0.151. The quantitative estimate of drug-likeness (QED) is 0.755. The van der Waals surface area contributed by atoms with Crippen LogP contribution in [0.25, 0.3) is 0 Å². The number of aliphatic hydroxyl groups excluding tert-OH is 1. The third kappa shape index (κ3) is 2.45. The Hall–Kier alpha value is -0.120. The van der Waals surface area contributed by atoms with Gasteiger partial charge in [0.1, 0.15) is 0 Å². The number of fused-ring (bicyclic) bond motifs is 1. The van der Waals surface area contributed by atoms with Crippen LogP contribution in [-0.4, -0.2) is 36.0 Å². The lowest BCUT2D eigenvalue weighted by Gasteiger charge is -2.61. The number of hydrogen-bond acceptors (Lipinski definition) is 3. The molecule has 1 heterocycles. The Bertz CT molecular complexity index is 318. The summed E-state index contributed by atoms with van der Waals surface area (Å²) in [5.41, 5.74) is 0.219. The van der Waals surface area contributed by atoms with E-state index < -0.39 is 0 Å². The molecule has 0 aromatic heterocycles. The molecular formula is C16H29NO2. The van der Waals surface area contributed by atoms with Gasteiger partial charge in [0.15, 0.2) is 0 Å². The number of rotatable bonds is 2. The zero-order chi connectivity index (χ0) is 13.5. The van der Waals surface area contributed by atoms with Gasteiger partial charge in [0, 0.05) is 30.0 Å². The van der Waals surface area contributed by atoms with E-state index in [9.17, 15) is 5.11 Å². The molecule has 5 unspecified atom stereocenters. The highest BCUT2D eigenvalue weighted by atomic mass is 16.5. The van der Waals surface area contributed by atoms with Gasteiger partial charge in [-0.1, -0.05) is 33.1 Å². The first kappa shape index (κ1) is 13.8. The molecule has 19 heavy (non-hydrogen) atoms. The largest absolute Gasteiger partial charge is 0.392 e. The third-order valence-corrected chi connectivity index (χ3v) is 5.70. The molecule has 3 rings (SSSR count). The second-order valence-corrected chi connectivity index (χ2v) is 7.38. The fraction of sp³-hybridized carbons (Fsp3) is 1.00. The van der Waals surface area contributed by atoms with Crippen LogP contribution in [0, 0.1) is 11.3 Å². The summed E-state index contributed by atoms with van der Waals surface area (Å²) < 4.78 is 5.96. The number of aliphatic hydroxyl groups is 1. The zero-order valence-corrected chi connectivity index (χ0v) is 12.4. The summed E-state index contributed by atoms with van der Waals surface area (Å²) in [5, 5.41) is 14.1.